The number of hydrogen-bond acceptors (Lipinski definition) is 6. The summed E-state index contributed by atoms with van der Waals surface area (Å²) in [6.07, 6.45) is 0.599. The van der Waals surface area contributed by atoms with Gasteiger partial charge in [0, 0.05) is 37.0 Å². The zero-order chi connectivity index (χ0) is 21.8. The summed E-state index contributed by atoms with van der Waals surface area (Å²) >= 11 is 5.91. The van der Waals surface area contributed by atoms with Crippen molar-refractivity contribution in [2.24, 2.45) is 0 Å². The monoisotopic (exact) mass is 440 g/mol. The third kappa shape index (κ3) is 4.99. The molecule has 0 radical (unpaired) electrons. The van der Waals surface area contributed by atoms with Crippen molar-refractivity contribution < 1.29 is 14.1 Å². The number of hydrogen-bond donors (Lipinski definition) is 0. The summed E-state index contributed by atoms with van der Waals surface area (Å²) in [5.74, 6) is 1.80. The van der Waals surface area contributed by atoms with E-state index in [0.717, 1.165) is 30.1 Å². The van der Waals surface area contributed by atoms with Gasteiger partial charge in [-0.05, 0) is 43.3 Å². The molecule has 0 N–H and O–H groups in total. The number of fused-ring (bicyclic) bond motifs is 1. The molecule has 7 nitrogen and oxygen atoms in total. The third-order valence-electron chi connectivity index (χ3n) is 5.33. The van der Waals surface area contributed by atoms with Gasteiger partial charge in [0.2, 0.25) is 17.6 Å². The van der Waals surface area contributed by atoms with Crippen molar-refractivity contribution in [1.82, 2.24) is 15.0 Å². The maximum atomic E-state index is 12.7. The number of likely N-dealkylation sites (N-methyl/N-ethyl adjacent to an activating group) is 2. The normalized spacial score (nSPS) is 15.3. The van der Waals surface area contributed by atoms with Gasteiger partial charge >= 0.3 is 0 Å². The number of amides is 1. The molecule has 1 aliphatic heterocycles. The molecule has 2 aromatic carbocycles. The fraction of sp³-hybridized carbons (Fsp3) is 0.348. The minimum Gasteiger partial charge on any atom is -0.485 e. The van der Waals surface area contributed by atoms with Crippen LogP contribution >= 0.6 is 11.6 Å². The lowest BCUT2D eigenvalue weighted by Gasteiger charge is -2.37. The molecule has 1 aromatic heterocycles. The molecule has 0 spiro atoms. The highest BCUT2D eigenvalue weighted by atomic mass is 35.5. The maximum Gasteiger partial charge on any atom is 0.227 e. The first kappa shape index (κ1) is 21.2. The van der Waals surface area contributed by atoms with Crippen molar-refractivity contribution in [3.8, 4) is 17.1 Å². The van der Waals surface area contributed by atoms with E-state index in [1.54, 1.807) is 24.1 Å². The van der Waals surface area contributed by atoms with E-state index in [2.05, 4.69) is 28.0 Å². The van der Waals surface area contributed by atoms with Gasteiger partial charge in [-0.1, -0.05) is 28.9 Å². The summed E-state index contributed by atoms with van der Waals surface area (Å²) in [4.78, 5) is 21.0. The number of aromatic nitrogens is 2. The molecule has 0 fully saturated rings. The van der Waals surface area contributed by atoms with Crippen LogP contribution in [0.4, 0.5) is 5.69 Å². The molecule has 162 valence electrons. The molecule has 1 unspecified atom stereocenters. The predicted octanol–water partition coefficient (Wildman–Crippen LogP) is 4.07. The largest absolute Gasteiger partial charge is 0.485 e. The molecule has 0 saturated heterocycles. The smallest absolute Gasteiger partial charge is 0.227 e. The highest BCUT2D eigenvalue weighted by Gasteiger charge is 2.26. The van der Waals surface area contributed by atoms with Crippen molar-refractivity contribution in [2.45, 2.75) is 25.9 Å². The maximum absolute atomic E-state index is 12.7. The average Bonchev–Trinajstić information content (AvgIpc) is 3.26. The number of ether oxygens (including phenoxy) is 1. The van der Waals surface area contributed by atoms with E-state index in [4.69, 9.17) is 20.9 Å². The Bertz CT molecular complexity index is 1040. The van der Waals surface area contributed by atoms with Crippen LogP contribution in [0.3, 0.4) is 0 Å². The Kier molecular flexibility index (Phi) is 6.42. The van der Waals surface area contributed by atoms with Crippen LogP contribution in [0.1, 0.15) is 19.2 Å². The van der Waals surface area contributed by atoms with Crippen LogP contribution < -0.4 is 9.64 Å². The molecule has 0 saturated carbocycles. The second kappa shape index (κ2) is 9.39. The average molecular weight is 441 g/mol. The number of aryl methyl sites for hydroxylation is 1. The molecule has 1 aliphatic rings. The van der Waals surface area contributed by atoms with Crippen molar-refractivity contribution in [3.63, 3.8) is 0 Å². The van der Waals surface area contributed by atoms with Gasteiger partial charge in [-0.15, -0.1) is 0 Å². The highest BCUT2D eigenvalue weighted by molar-refractivity contribution is 6.30. The number of halogens is 1. The standard InChI is InChI=1S/C23H25ClN4O3/c1-3-28-15-18(30-20-7-5-4-6-19(20)28)14-27(2)22(29)13-12-21-25-23(26-31-21)16-8-10-17(24)11-9-16/h4-11,18H,3,12-15H2,1-2H3. The number of carbonyl (C=O) groups is 1. The first-order chi connectivity index (χ1) is 15.0. The van der Waals surface area contributed by atoms with Gasteiger partial charge in [0.05, 0.1) is 18.8 Å². The predicted molar refractivity (Wildman–Crippen MR) is 119 cm³/mol. The van der Waals surface area contributed by atoms with Crippen molar-refractivity contribution in [1.29, 1.82) is 0 Å². The molecule has 0 bridgehead atoms. The number of benzene rings is 2. The van der Waals surface area contributed by atoms with Crippen molar-refractivity contribution in [3.05, 3.63) is 59.4 Å². The summed E-state index contributed by atoms with van der Waals surface area (Å²) in [5.41, 5.74) is 1.92. The number of para-hydroxylation sites is 2. The minimum absolute atomic E-state index is 0.0109. The van der Waals surface area contributed by atoms with E-state index in [1.807, 2.05) is 30.3 Å². The molecule has 8 heteroatoms. The molecular weight excluding hydrogens is 416 g/mol. The first-order valence-electron chi connectivity index (χ1n) is 10.4. The lowest BCUT2D eigenvalue weighted by atomic mass is 10.1. The third-order valence-corrected chi connectivity index (χ3v) is 5.58. The SMILES string of the molecule is CCN1CC(CN(C)C(=O)CCc2nc(-c3ccc(Cl)cc3)no2)Oc2ccccc21. The topological polar surface area (TPSA) is 71.7 Å². The Hall–Kier alpha value is -3.06. The van der Waals surface area contributed by atoms with E-state index < -0.39 is 0 Å². The van der Waals surface area contributed by atoms with Gasteiger partial charge in [-0.25, -0.2) is 0 Å². The zero-order valence-corrected chi connectivity index (χ0v) is 18.4. The van der Waals surface area contributed by atoms with E-state index in [0.29, 0.717) is 36.1 Å². The van der Waals surface area contributed by atoms with Crippen molar-refractivity contribution in [2.75, 3.05) is 31.6 Å². The first-order valence-corrected chi connectivity index (χ1v) is 10.7. The summed E-state index contributed by atoms with van der Waals surface area (Å²) < 4.78 is 11.4. The van der Waals surface area contributed by atoms with E-state index >= 15 is 0 Å². The Labute approximate surface area is 186 Å². The highest BCUT2D eigenvalue weighted by Crippen LogP contribution is 2.32. The molecular formula is C23H25ClN4O3. The van der Waals surface area contributed by atoms with Crippen LogP contribution in [0.15, 0.2) is 53.1 Å². The van der Waals surface area contributed by atoms with Gasteiger partial charge in [0.15, 0.2) is 0 Å². The fourth-order valence-corrected chi connectivity index (χ4v) is 3.78. The Morgan fingerprint density at radius 1 is 1.23 bits per heavy atom. The van der Waals surface area contributed by atoms with E-state index in [1.165, 1.54) is 0 Å². The number of carbonyl (C=O) groups excluding carboxylic acids is 1. The second-order valence-electron chi connectivity index (χ2n) is 7.54. The molecule has 0 aliphatic carbocycles. The molecule has 4 rings (SSSR count). The van der Waals surface area contributed by atoms with Gasteiger partial charge in [-0.2, -0.15) is 4.98 Å². The minimum atomic E-state index is -0.0799. The molecule has 3 aromatic rings. The molecule has 31 heavy (non-hydrogen) atoms. The summed E-state index contributed by atoms with van der Waals surface area (Å²) in [6.45, 7) is 4.28. The number of anilines is 1. The Morgan fingerprint density at radius 3 is 2.77 bits per heavy atom. The fourth-order valence-electron chi connectivity index (χ4n) is 3.66. The summed E-state index contributed by atoms with van der Waals surface area (Å²) in [5, 5.41) is 4.64. The lowest BCUT2D eigenvalue weighted by molar-refractivity contribution is -0.131. The number of nitrogens with zero attached hydrogens (tertiary/aromatic N) is 4. The van der Waals surface area contributed by atoms with E-state index in [9.17, 15) is 4.79 Å². The van der Waals surface area contributed by atoms with Crippen LogP contribution in [0.5, 0.6) is 5.75 Å². The van der Waals surface area contributed by atoms with Crippen LogP contribution in [0.2, 0.25) is 5.02 Å². The van der Waals surface area contributed by atoms with Crippen LogP contribution in [-0.2, 0) is 11.2 Å². The number of rotatable bonds is 7. The quantitative estimate of drug-likeness (QED) is 0.551. The van der Waals surface area contributed by atoms with Crippen LogP contribution in [-0.4, -0.2) is 53.7 Å². The molecule has 1 atom stereocenters. The summed E-state index contributed by atoms with van der Waals surface area (Å²) in [6, 6.07) is 15.2. The molecule has 2 heterocycles. The Balaban J connectivity index is 1.31. The van der Waals surface area contributed by atoms with E-state index in [-0.39, 0.29) is 12.0 Å². The summed E-state index contributed by atoms with van der Waals surface area (Å²) in [7, 11) is 1.80. The van der Waals surface area contributed by atoms with Gasteiger partial charge in [0.1, 0.15) is 11.9 Å². The second-order valence-corrected chi connectivity index (χ2v) is 7.98. The molecule has 1 amide bonds. The van der Waals surface area contributed by atoms with Crippen molar-refractivity contribution >= 4 is 23.2 Å². The van der Waals surface area contributed by atoms with Gasteiger partial charge in [-0.3, -0.25) is 4.79 Å². The van der Waals surface area contributed by atoms with Gasteiger partial charge in [0.25, 0.3) is 0 Å². The van der Waals surface area contributed by atoms with Gasteiger partial charge < -0.3 is 19.1 Å². The van der Waals surface area contributed by atoms with Crippen LogP contribution in [0, 0.1) is 0 Å². The Morgan fingerprint density at radius 2 is 2.00 bits per heavy atom. The lowest BCUT2D eigenvalue weighted by Crippen LogP contribution is -2.46. The van der Waals surface area contributed by atoms with Crippen LogP contribution in [0.25, 0.3) is 11.4 Å². The zero-order valence-electron chi connectivity index (χ0n) is 17.6.